The lowest BCUT2D eigenvalue weighted by Gasteiger charge is -2.26. The second-order valence-corrected chi connectivity index (χ2v) is 5.30. The van der Waals surface area contributed by atoms with E-state index in [0.717, 1.165) is 10.0 Å². The van der Waals surface area contributed by atoms with Crippen LogP contribution in [-0.2, 0) is 16.1 Å². The summed E-state index contributed by atoms with van der Waals surface area (Å²) in [6.07, 6.45) is 0.357. The molecule has 1 heterocycles. The molecule has 0 spiro atoms. The summed E-state index contributed by atoms with van der Waals surface area (Å²) in [5, 5.41) is 2.61. The fraction of sp³-hybridized carbons (Fsp3) is 0.385. The Bertz CT molecular complexity index is 476. The van der Waals surface area contributed by atoms with Gasteiger partial charge in [-0.05, 0) is 18.6 Å². The molecule has 0 aliphatic carbocycles. The fourth-order valence-electron chi connectivity index (χ4n) is 2.03. The summed E-state index contributed by atoms with van der Waals surface area (Å²) in [6.45, 7) is 2.52. The number of hydrogen-bond donors (Lipinski definition) is 1. The van der Waals surface area contributed by atoms with Gasteiger partial charge in [-0.2, -0.15) is 0 Å². The third kappa shape index (κ3) is 2.90. The van der Waals surface area contributed by atoms with Crippen LogP contribution in [0.15, 0.2) is 28.7 Å². The minimum absolute atomic E-state index is 0.0379. The molecule has 1 N–H and O–H groups in total. The first-order valence-electron chi connectivity index (χ1n) is 5.87. The molecule has 96 valence electrons. The maximum absolute atomic E-state index is 12.0. The van der Waals surface area contributed by atoms with Gasteiger partial charge in [0.05, 0.1) is 6.54 Å². The van der Waals surface area contributed by atoms with Crippen molar-refractivity contribution in [1.29, 1.82) is 0 Å². The van der Waals surface area contributed by atoms with E-state index in [1.54, 1.807) is 4.90 Å². The first kappa shape index (κ1) is 13.1. The van der Waals surface area contributed by atoms with Gasteiger partial charge in [0.1, 0.15) is 0 Å². The molecule has 2 rings (SSSR count). The van der Waals surface area contributed by atoms with Crippen LogP contribution in [0.5, 0.6) is 0 Å². The van der Waals surface area contributed by atoms with Gasteiger partial charge < -0.3 is 10.2 Å². The Hall–Kier alpha value is -1.36. The average Bonchev–Trinajstić information content (AvgIpc) is 2.45. The van der Waals surface area contributed by atoms with Crippen LogP contribution in [0.25, 0.3) is 0 Å². The van der Waals surface area contributed by atoms with E-state index in [9.17, 15) is 9.59 Å². The number of hydrogen-bond acceptors (Lipinski definition) is 2. The minimum Gasteiger partial charge on any atom is -0.347 e. The van der Waals surface area contributed by atoms with E-state index in [0.29, 0.717) is 13.0 Å². The van der Waals surface area contributed by atoms with Crippen LogP contribution in [0.3, 0.4) is 0 Å². The molecular formula is C13H15BrN2O2. The molecule has 0 radical (unpaired) electrons. The van der Waals surface area contributed by atoms with Crippen molar-refractivity contribution in [3.63, 3.8) is 0 Å². The second-order valence-electron chi connectivity index (χ2n) is 4.44. The molecule has 1 fully saturated rings. The highest BCUT2D eigenvalue weighted by atomic mass is 79.9. The number of amides is 2. The molecule has 1 aliphatic rings. The molecule has 1 aliphatic heterocycles. The first-order chi connectivity index (χ1) is 8.58. The van der Waals surface area contributed by atoms with Gasteiger partial charge in [-0.1, -0.05) is 34.1 Å². The monoisotopic (exact) mass is 310 g/mol. The fourth-order valence-corrected chi connectivity index (χ4v) is 2.44. The van der Waals surface area contributed by atoms with Gasteiger partial charge in [0, 0.05) is 23.5 Å². The zero-order valence-corrected chi connectivity index (χ0v) is 11.7. The predicted octanol–water partition coefficient (Wildman–Crippen LogP) is 1.69. The van der Waals surface area contributed by atoms with Crippen molar-refractivity contribution in [3.05, 3.63) is 34.3 Å². The summed E-state index contributed by atoms with van der Waals surface area (Å²) < 4.78 is 0.980. The summed E-state index contributed by atoms with van der Waals surface area (Å²) >= 11 is 3.47. The van der Waals surface area contributed by atoms with Crippen molar-refractivity contribution in [2.45, 2.75) is 25.9 Å². The molecule has 5 heteroatoms. The lowest BCUT2D eigenvalue weighted by molar-refractivity contribution is -0.132. The van der Waals surface area contributed by atoms with E-state index in [4.69, 9.17) is 0 Å². The molecule has 0 aromatic heterocycles. The molecule has 0 bridgehead atoms. The van der Waals surface area contributed by atoms with Gasteiger partial charge in [-0.3, -0.25) is 9.59 Å². The smallest absolute Gasteiger partial charge is 0.242 e. The maximum atomic E-state index is 12.0. The van der Waals surface area contributed by atoms with E-state index in [1.165, 1.54) is 0 Å². The van der Waals surface area contributed by atoms with Crippen LogP contribution >= 0.6 is 15.9 Å². The van der Waals surface area contributed by atoms with E-state index in [-0.39, 0.29) is 24.4 Å². The van der Waals surface area contributed by atoms with E-state index < -0.39 is 0 Å². The molecular weight excluding hydrogens is 296 g/mol. The van der Waals surface area contributed by atoms with Crippen LogP contribution < -0.4 is 5.32 Å². The molecule has 18 heavy (non-hydrogen) atoms. The predicted molar refractivity (Wildman–Crippen MR) is 71.8 cm³/mol. The van der Waals surface area contributed by atoms with Crippen LogP contribution in [0.4, 0.5) is 0 Å². The van der Waals surface area contributed by atoms with E-state index in [1.807, 2.05) is 31.2 Å². The summed E-state index contributed by atoms with van der Waals surface area (Å²) in [5.41, 5.74) is 1.05. The summed E-state index contributed by atoms with van der Waals surface area (Å²) in [7, 11) is 0. The number of rotatable bonds is 2. The highest BCUT2D eigenvalue weighted by Crippen LogP contribution is 2.20. The van der Waals surface area contributed by atoms with Gasteiger partial charge in [0.25, 0.3) is 0 Å². The summed E-state index contributed by atoms with van der Waals surface area (Å²) in [4.78, 5) is 25.1. The third-order valence-electron chi connectivity index (χ3n) is 3.07. The second kappa shape index (κ2) is 5.52. The molecule has 1 aromatic carbocycles. The van der Waals surface area contributed by atoms with E-state index >= 15 is 0 Å². The molecule has 1 atom stereocenters. The number of benzene rings is 1. The van der Waals surface area contributed by atoms with Gasteiger partial charge in [0.15, 0.2) is 0 Å². The molecule has 1 unspecified atom stereocenters. The Labute approximate surface area is 114 Å². The van der Waals surface area contributed by atoms with Crippen LogP contribution in [0, 0.1) is 0 Å². The molecule has 1 aromatic rings. The van der Waals surface area contributed by atoms with Crippen molar-refractivity contribution in [2.75, 3.05) is 6.54 Å². The zero-order chi connectivity index (χ0) is 13.1. The maximum Gasteiger partial charge on any atom is 0.242 e. The van der Waals surface area contributed by atoms with Crippen molar-refractivity contribution in [2.24, 2.45) is 0 Å². The molecule has 0 saturated carbocycles. The average molecular weight is 311 g/mol. The van der Waals surface area contributed by atoms with Gasteiger partial charge in [0.2, 0.25) is 11.8 Å². The van der Waals surface area contributed by atoms with Crippen molar-refractivity contribution in [3.8, 4) is 0 Å². The lowest BCUT2D eigenvalue weighted by atomic mass is 10.1. The van der Waals surface area contributed by atoms with Gasteiger partial charge in [-0.25, -0.2) is 0 Å². The number of nitrogens with one attached hydrogen (secondary N) is 1. The van der Waals surface area contributed by atoms with Crippen molar-refractivity contribution in [1.82, 2.24) is 10.2 Å². The topological polar surface area (TPSA) is 49.4 Å². The Morgan fingerprint density at radius 1 is 1.39 bits per heavy atom. The minimum atomic E-state index is -0.0768. The third-order valence-corrected chi connectivity index (χ3v) is 3.84. The Balaban J connectivity index is 2.18. The largest absolute Gasteiger partial charge is 0.347 e. The van der Waals surface area contributed by atoms with Gasteiger partial charge >= 0.3 is 0 Å². The van der Waals surface area contributed by atoms with E-state index in [2.05, 4.69) is 21.2 Å². The molecule has 2 amide bonds. The van der Waals surface area contributed by atoms with Crippen LogP contribution in [0.2, 0.25) is 0 Å². The Morgan fingerprint density at radius 3 is 2.83 bits per heavy atom. The van der Waals surface area contributed by atoms with Crippen molar-refractivity contribution < 1.29 is 9.59 Å². The SMILES string of the molecule is CC1CC(=O)NCC(=O)N1Cc1ccccc1Br. The standard InChI is InChI=1S/C13H15BrN2O2/c1-9-6-12(17)15-7-13(18)16(9)8-10-4-2-3-5-11(10)14/h2-5,9H,6-8H2,1H3,(H,15,17). The Kier molecular flexibility index (Phi) is 4.01. The van der Waals surface area contributed by atoms with Crippen LogP contribution in [0.1, 0.15) is 18.9 Å². The molecule has 1 saturated heterocycles. The first-order valence-corrected chi connectivity index (χ1v) is 6.67. The molecule has 4 nitrogen and oxygen atoms in total. The Morgan fingerprint density at radius 2 is 2.11 bits per heavy atom. The quantitative estimate of drug-likeness (QED) is 0.903. The number of nitrogens with zero attached hydrogens (tertiary/aromatic N) is 1. The van der Waals surface area contributed by atoms with Gasteiger partial charge in [-0.15, -0.1) is 0 Å². The summed E-state index contributed by atoms with van der Waals surface area (Å²) in [5.74, 6) is -0.102. The number of carbonyl (C=O) groups excluding carboxylic acids is 2. The van der Waals surface area contributed by atoms with Crippen LogP contribution in [-0.4, -0.2) is 29.3 Å². The highest BCUT2D eigenvalue weighted by Gasteiger charge is 2.26. The number of carbonyl (C=O) groups is 2. The lowest BCUT2D eigenvalue weighted by Crippen LogP contribution is -2.39. The normalized spacial score (nSPS) is 20.6. The van der Waals surface area contributed by atoms with Crippen molar-refractivity contribution >= 4 is 27.7 Å². The highest BCUT2D eigenvalue weighted by molar-refractivity contribution is 9.10. The zero-order valence-electron chi connectivity index (χ0n) is 10.1. The summed E-state index contributed by atoms with van der Waals surface area (Å²) in [6, 6.07) is 7.73. The number of halogens is 1.